The quantitative estimate of drug-likeness (QED) is 0.672. The number of Topliss-reactive ketones (excluding diaryl/α,β-unsaturated/α-hetero) is 1. The molecule has 0 unspecified atom stereocenters. The second kappa shape index (κ2) is 7.13. The van der Waals surface area contributed by atoms with Gasteiger partial charge in [0.2, 0.25) is 0 Å². The summed E-state index contributed by atoms with van der Waals surface area (Å²) in [5.41, 5.74) is 2.24. The number of carbonyl (C=O) groups is 2. The molecular formula is C21H24N2O3. The lowest BCUT2D eigenvalue weighted by atomic mass is 9.88. The van der Waals surface area contributed by atoms with E-state index in [9.17, 15) is 9.59 Å². The van der Waals surface area contributed by atoms with Gasteiger partial charge in [-0.2, -0.15) is 0 Å². The molecule has 0 bridgehead atoms. The minimum absolute atomic E-state index is 0.0791. The first kappa shape index (κ1) is 17.1. The van der Waals surface area contributed by atoms with Crippen LogP contribution in [0.15, 0.2) is 24.3 Å². The molecule has 5 nitrogen and oxygen atoms in total. The molecule has 0 aromatic heterocycles. The van der Waals surface area contributed by atoms with E-state index in [2.05, 4.69) is 24.8 Å². The molecule has 3 aliphatic heterocycles. The Morgan fingerprint density at radius 2 is 2.00 bits per heavy atom. The maximum Gasteiger partial charge on any atom is 0.320 e. The summed E-state index contributed by atoms with van der Waals surface area (Å²) < 4.78 is 5.60. The van der Waals surface area contributed by atoms with Gasteiger partial charge in [0.15, 0.2) is 5.78 Å². The zero-order valence-electron chi connectivity index (χ0n) is 15.1. The lowest BCUT2D eigenvalue weighted by Gasteiger charge is -2.45. The standard InChI is InChI=1S/C21H24N2O3/c1-15-4-2-3-5-17(15)7-6-16-11-23(12-16)21(25)22-9-8-20-18(13-22)10-19(24)14-26-20/h2-5,16,18,20H,8-14H2,1H3/t18-,20+/m1/s1. The van der Waals surface area contributed by atoms with Crippen molar-refractivity contribution in [3.05, 3.63) is 35.4 Å². The van der Waals surface area contributed by atoms with E-state index in [-0.39, 0.29) is 36.4 Å². The molecule has 2 atom stereocenters. The van der Waals surface area contributed by atoms with E-state index in [0.29, 0.717) is 32.6 Å². The molecule has 3 fully saturated rings. The van der Waals surface area contributed by atoms with Gasteiger partial charge < -0.3 is 14.5 Å². The van der Waals surface area contributed by atoms with Crippen molar-refractivity contribution < 1.29 is 14.3 Å². The van der Waals surface area contributed by atoms with Crippen molar-refractivity contribution in [3.8, 4) is 11.8 Å². The Bertz CT molecular complexity index is 773. The average molecular weight is 352 g/mol. The third-order valence-electron chi connectivity index (χ3n) is 5.59. The normalized spacial score (nSPS) is 25.8. The van der Waals surface area contributed by atoms with Crippen LogP contribution in [-0.4, -0.2) is 60.5 Å². The number of fused-ring (bicyclic) bond motifs is 1. The van der Waals surface area contributed by atoms with Crippen molar-refractivity contribution in [2.24, 2.45) is 11.8 Å². The van der Waals surface area contributed by atoms with Crippen LogP contribution in [-0.2, 0) is 9.53 Å². The second-order valence-electron chi connectivity index (χ2n) is 7.56. The SMILES string of the molecule is Cc1ccccc1C#CC1CN(C(=O)N2CC[C@@H]3OCC(=O)C[C@@H]3C2)C1. The van der Waals surface area contributed by atoms with Gasteiger partial charge in [-0.25, -0.2) is 4.79 Å². The van der Waals surface area contributed by atoms with Crippen LogP contribution in [0.2, 0.25) is 0 Å². The molecule has 3 aliphatic rings. The van der Waals surface area contributed by atoms with Gasteiger partial charge in [-0.3, -0.25) is 4.79 Å². The minimum atomic E-state index is 0.0791. The molecule has 0 radical (unpaired) electrons. The van der Waals surface area contributed by atoms with E-state index in [0.717, 1.165) is 12.0 Å². The summed E-state index contributed by atoms with van der Waals surface area (Å²) in [4.78, 5) is 28.0. The molecule has 0 spiro atoms. The van der Waals surface area contributed by atoms with Crippen molar-refractivity contribution in [2.45, 2.75) is 25.9 Å². The molecule has 3 heterocycles. The predicted octanol–water partition coefficient (Wildman–Crippen LogP) is 2.08. The lowest BCUT2D eigenvalue weighted by molar-refractivity contribution is -0.140. The molecule has 26 heavy (non-hydrogen) atoms. The Labute approximate surface area is 154 Å². The summed E-state index contributed by atoms with van der Waals surface area (Å²) in [5, 5.41) is 0. The van der Waals surface area contributed by atoms with E-state index in [1.165, 1.54) is 5.56 Å². The predicted molar refractivity (Wildman–Crippen MR) is 97.6 cm³/mol. The first-order valence-corrected chi connectivity index (χ1v) is 9.34. The molecule has 4 rings (SSSR count). The molecule has 3 saturated heterocycles. The fourth-order valence-electron chi connectivity index (χ4n) is 3.97. The summed E-state index contributed by atoms with van der Waals surface area (Å²) in [7, 11) is 0. The number of hydrogen-bond acceptors (Lipinski definition) is 3. The highest BCUT2D eigenvalue weighted by Crippen LogP contribution is 2.28. The van der Waals surface area contributed by atoms with Crippen molar-refractivity contribution in [1.82, 2.24) is 9.80 Å². The number of carbonyl (C=O) groups excluding carboxylic acids is 2. The molecule has 1 aromatic carbocycles. The Kier molecular flexibility index (Phi) is 4.69. The highest BCUT2D eigenvalue weighted by molar-refractivity contribution is 5.81. The zero-order valence-corrected chi connectivity index (χ0v) is 15.1. The van der Waals surface area contributed by atoms with E-state index in [1.54, 1.807) is 0 Å². The third-order valence-corrected chi connectivity index (χ3v) is 5.59. The first-order valence-electron chi connectivity index (χ1n) is 9.34. The van der Waals surface area contributed by atoms with E-state index < -0.39 is 0 Å². The number of ether oxygens (including phenoxy) is 1. The number of nitrogens with zero attached hydrogens (tertiary/aromatic N) is 2. The van der Waals surface area contributed by atoms with Crippen molar-refractivity contribution in [2.75, 3.05) is 32.8 Å². The Morgan fingerprint density at radius 1 is 1.19 bits per heavy atom. The van der Waals surface area contributed by atoms with Gasteiger partial charge in [-0.15, -0.1) is 0 Å². The Hall–Kier alpha value is -2.32. The molecule has 5 heteroatoms. The first-order chi connectivity index (χ1) is 12.6. The molecule has 0 aliphatic carbocycles. The van der Waals surface area contributed by atoms with E-state index in [4.69, 9.17) is 4.74 Å². The number of amides is 2. The van der Waals surface area contributed by atoms with Crippen LogP contribution in [0.4, 0.5) is 4.79 Å². The van der Waals surface area contributed by atoms with Gasteiger partial charge in [0.1, 0.15) is 6.61 Å². The van der Waals surface area contributed by atoms with Crippen LogP contribution in [0.25, 0.3) is 0 Å². The number of ketones is 1. The van der Waals surface area contributed by atoms with Gasteiger partial charge in [0.05, 0.1) is 12.0 Å². The van der Waals surface area contributed by atoms with Gasteiger partial charge in [0, 0.05) is 44.1 Å². The summed E-state index contributed by atoms with van der Waals surface area (Å²) in [5.74, 6) is 7.08. The second-order valence-corrected chi connectivity index (χ2v) is 7.56. The number of hydrogen-bond donors (Lipinski definition) is 0. The number of benzene rings is 1. The third kappa shape index (κ3) is 3.47. The monoisotopic (exact) mass is 352 g/mol. The number of aryl methyl sites for hydroxylation is 1. The summed E-state index contributed by atoms with van der Waals surface area (Å²) in [6, 6.07) is 8.18. The smallest absolute Gasteiger partial charge is 0.320 e. The van der Waals surface area contributed by atoms with E-state index in [1.807, 2.05) is 28.0 Å². The van der Waals surface area contributed by atoms with Gasteiger partial charge >= 0.3 is 6.03 Å². The highest BCUT2D eigenvalue weighted by atomic mass is 16.5. The molecule has 0 N–H and O–H groups in total. The van der Waals surface area contributed by atoms with Crippen LogP contribution in [0.5, 0.6) is 0 Å². The van der Waals surface area contributed by atoms with Crippen LogP contribution in [0.1, 0.15) is 24.0 Å². The molecule has 0 saturated carbocycles. The topological polar surface area (TPSA) is 49.9 Å². The number of rotatable bonds is 0. The van der Waals surface area contributed by atoms with Gasteiger partial charge in [0.25, 0.3) is 0 Å². The molecular weight excluding hydrogens is 328 g/mol. The van der Waals surface area contributed by atoms with Crippen LogP contribution >= 0.6 is 0 Å². The van der Waals surface area contributed by atoms with Crippen molar-refractivity contribution in [1.29, 1.82) is 0 Å². The fourth-order valence-corrected chi connectivity index (χ4v) is 3.97. The summed E-state index contributed by atoms with van der Waals surface area (Å²) in [6.07, 6.45) is 1.51. The van der Waals surface area contributed by atoms with Gasteiger partial charge in [-0.05, 0) is 25.0 Å². The highest BCUT2D eigenvalue weighted by Gasteiger charge is 2.39. The number of likely N-dealkylation sites (tertiary alicyclic amines) is 2. The summed E-state index contributed by atoms with van der Waals surface area (Å²) >= 11 is 0. The molecule has 1 aromatic rings. The zero-order chi connectivity index (χ0) is 18.1. The van der Waals surface area contributed by atoms with Crippen LogP contribution in [0.3, 0.4) is 0 Å². The average Bonchev–Trinajstić information content (AvgIpc) is 2.61. The van der Waals surface area contributed by atoms with Gasteiger partial charge in [-0.1, -0.05) is 30.0 Å². The molecule has 2 amide bonds. The van der Waals surface area contributed by atoms with Crippen LogP contribution in [0, 0.1) is 30.6 Å². The van der Waals surface area contributed by atoms with Crippen molar-refractivity contribution in [3.63, 3.8) is 0 Å². The molecule has 136 valence electrons. The maximum absolute atomic E-state index is 12.7. The fraction of sp³-hybridized carbons (Fsp3) is 0.524. The summed E-state index contributed by atoms with van der Waals surface area (Å²) in [6.45, 7) is 5.03. The minimum Gasteiger partial charge on any atom is -0.370 e. The van der Waals surface area contributed by atoms with Crippen molar-refractivity contribution >= 4 is 11.8 Å². The Balaban J connectivity index is 1.30. The number of piperidine rings is 1. The van der Waals surface area contributed by atoms with E-state index >= 15 is 0 Å². The number of urea groups is 1. The largest absolute Gasteiger partial charge is 0.370 e. The lowest BCUT2D eigenvalue weighted by Crippen LogP contribution is -2.58. The van der Waals surface area contributed by atoms with Crippen LogP contribution < -0.4 is 0 Å². The maximum atomic E-state index is 12.7. The Morgan fingerprint density at radius 3 is 2.81 bits per heavy atom.